The zero-order valence-corrected chi connectivity index (χ0v) is 6.97. The highest BCUT2D eigenvalue weighted by Gasteiger charge is 2.30. The van der Waals surface area contributed by atoms with Crippen LogP contribution < -0.4 is 0 Å². The minimum absolute atomic E-state index is 0.238. The minimum atomic E-state index is -0.595. The van der Waals surface area contributed by atoms with Crippen LogP contribution >= 0.6 is 0 Å². The van der Waals surface area contributed by atoms with Gasteiger partial charge in [-0.25, -0.2) is 4.39 Å². The van der Waals surface area contributed by atoms with Crippen LogP contribution in [0.5, 0.6) is 0 Å². The Hall–Kier alpha value is -0.110. The number of hydrogen-bond acceptors (Lipinski definition) is 1. The van der Waals surface area contributed by atoms with Crippen molar-refractivity contribution >= 4 is 0 Å². The SMILES string of the molecule is CC(C)N1C[C@@H](C)[C@@H](F)C1. The van der Waals surface area contributed by atoms with Gasteiger partial charge in [0.15, 0.2) is 0 Å². The van der Waals surface area contributed by atoms with Gasteiger partial charge >= 0.3 is 0 Å². The highest BCUT2D eigenvalue weighted by molar-refractivity contribution is 4.82. The Bertz CT molecular complexity index is 104. The maximum atomic E-state index is 12.9. The van der Waals surface area contributed by atoms with Crippen LogP contribution in [0.15, 0.2) is 0 Å². The topological polar surface area (TPSA) is 3.24 Å². The Morgan fingerprint density at radius 3 is 2.20 bits per heavy atom. The molecule has 1 nitrogen and oxygen atoms in total. The predicted molar refractivity (Wildman–Crippen MR) is 40.8 cm³/mol. The number of hydrogen-bond donors (Lipinski definition) is 0. The molecule has 0 aromatic heterocycles. The van der Waals surface area contributed by atoms with Crippen molar-refractivity contribution in [2.75, 3.05) is 13.1 Å². The number of rotatable bonds is 1. The van der Waals surface area contributed by atoms with E-state index in [0.717, 1.165) is 6.54 Å². The smallest absolute Gasteiger partial charge is 0.116 e. The van der Waals surface area contributed by atoms with Crippen LogP contribution in [-0.4, -0.2) is 30.2 Å². The lowest BCUT2D eigenvalue weighted by molar-refractivity contribution is 0.245. The second-order valence-corrected chi connectivity index (χ2v) is 3.54. The van der Waals surface area contributed by atoms with E-state index in [-0.39, 0.29) is 5.92 Å². The molecule has 0 amide bonds. The van der Waals surface area contributed by atoms with E-state index in [0.29, 0.717) is 12.6 Å². The first kappa shape index (κ1) is 7.99. The molecule has 0 unspecified atom stereocenters. The average molecular weight is 145 g/mol. The van der Waals surface area contributed by atoms with Gasteiger partial charge in [0.2, 0.25) is 0 Å². The Balaban J connectivity index is 2.41. The molecule has 10 heavy (non-hydrogen) atoms. The molecule has 1 rings (SSSR count). The average Bonchev–Trinajstić information content (AvgIpc) is 2.13. The Kier molecular flexibility index (Phi) is 2.29. The molecule has 0 aromatic rings. The van der Waals surface area contributed by atoms with Gasteiger partial charge in [-0.05, 0) is 13.8 Å². The van der Waals surface area contributed by atoms with Crippen LogP contribution in [0.25, 0.3) is 0 Å². The van der Waals surface area contributed by atoms with Gasteiger partial charge < -0.3 is 0 Å². The fourth-order valence-corrected chi connectivity index (χ4v) is 1.38. The molecule has 0 saturated carbocycles. The molecular weight excluding hydrogens is 129 g/mol. The van der Waals surface area contributed by atoms with E-state index in [1.54, 1.807) is 0 Å². The van der Waals surface area contributed by atoms with Gasteiger partial charge in [0, 0.05) is 25.0 Å². The van der Waals surface area contributed by atoms with Gasteiger partial charge in [0.25, 0.3) is 0 Å². The summed E-state index contributed by atoms with van der Waals surface area (Å²) >= 11 is 0. The largest absolute Gasteiger partial charge is 0.298 e. The normalized spacial score (nSPS) is 35.7. The lowest BCUT2D eigenvalue weighted by atomic mass is 10.1. The third kappa shape index (κ3) is 1.48. The monoisotopic (exact) mass is 145 g/mol. The van der Waals surface area contributed by atoms with Crippen LogP contribution in [0.2, 0.25) is 0 Å². The summed E-state index contributed by atoms with van der Waals surface area (Å²) in [5.74, 6) is 0.238. The van der Waals surface area contributed by atoms with E-state index in [2.05, 4.69) is 18.7 Å². The van der Waals surface area contributed by atoms with Crippen molar-refractivity contribution in [1.82, 2.24) is 4.90 Å². The molecule has 0 aromatic carbocycles. The lowest BCUT2D eigenvalue weighted by Crippen LogP contribution is -2.28. The summed E-state index contributed by atoms with van der Waals surface area (Å²) in [5, 5.41) is 0. The van der Waals surface area contributed by atoms with Gasteiger partial charge in [-0.15, -0.1) is 0 Å². The Labute approximate surface area is 62.2 Å². The Morgan fingerprint density at radius 2 is 2.00 bits per heavy atom. The second-order valence-electron chi connectivity index (χ2n) is 3.54. The van der Waals surface area contributed by atoms with Crippen LogP contribution in [-0.2, 0) is 0 Å². The van der Waals surface area contributed by atoms with E-state index in [1.807, 2.05) is 6.92 Å². The number of halogens is 1. The Morgan fingerprint density at radius 1 is 1.40 bits per heavy atom. The lowest BCUT2D eigenvalue weighted by Gasteiger charge is -2.18. The quantitative estimate of drug-likeness (QED) is 0.542. The number of nitrogens with zero attached hydrogens (tertiary/aromatic N) is 1. The maximum Gasteiger partial charge on any atom is 0.116 e. The summed E-state index contributed by atoms with van der Waals surface area (Å²) in [6, 6.07) is 0.503. The standard InChI is InChI=1S/C8H16FN/c1-6(2)10-4-7(3)8(9)5-10/h6-8H,4-5H2,1-3H3/t7-,8+/m1/s1. The molecule has 1 aliphatic heterocycles. The highest BCUT2D eigenvalue weighted by Crippen LogP contribution is 2.20. The fraction of sp³-hybridized carbons (Fsp3) is 1.00. The molecule has 60 valence electrons. The summed E-state index contributed by atoms with van der Waals surface area (Å²) in [7, 11) is 0. The van der Waals surface area contributed by atoms with Crippen molar-refractivity contribution in [2.24, 2.45) is 5.92 Å². The molecule has 1 heterocycles. The summed E-state index contributed by atoms with van der Waals surface area (Å²) in [5.41, 5.74) is 0. The molecule has 1 saturated heterocycles. The second kappa shape index (κ2) is 2.87. The van der Waals surface area contributed by atoms with E-state index in [9.17, 15) is 4.39 Å². The summed E-state index contributed by atoms with van der Waals surface area (Å²) in [6.07, 6.45) is -0.595. The van der Waals surface area contributed by atoms with Gasteiger partial charge in [0.1, 0.15) is 6.17 Å². The van der Waals surface area contributed by atoms with Crippen LogP contribution in [0.3, 0.4) is 0 Å². The van der Waals surface area contributed by atoms with E-state index >= 15 is 0 Å². The van der Waals surface area contributed by atoms with E-state index in [4.69, 9.17) is 0 Å². The zero-order valence-electron chi connectivity index (χ0n) is 6.97. The van der Waals surface area contributed by atoms with Crippen molar-refractivity contribution in [3.63, 3.8) is 0 Å². The van der Waals surface area contributed by atoms with Crippen LogP contribution in [0.1, 0.15) is 20.8 Å². The van der Waals surface area contributed by atoms with Gasteiger partial charge in [-0.1, -0.05) is 6.92 Å². The van der Waals surface area contributed by atoms with E-state index < -0.39 is 6.17 Å². The van der Waals surface area contributed by atoms with Crippen molar-refractivity contribution < 1.29 is 4.39 Å². The van der Waals surface area contributed by atoms with Gasteiger partial charge in [-0.3, -0.25) is 4.90 Å². The van der Waals surface area contributed by atoms with Crippen molar-refractivity contribution in [3.8, 4) is 0 Å². The zero-order chi connectivity index (χ0) is 7.72. The summed E-state index contributed by atoms with van der Waals surface area (Å²) < 4.78 is 12.9. The highest BCUT2D eigenvalue weighted by atomic mass is 19.1. The first-order valence-corrected chi connectivity index (χ1v) is 3.99. The third-order valence-electron chi connectivity index (χ3n) is 2.28. The maximum absolute atomic E-state index is 12.9. The molecule has 2 heteroatoms. The van der Waals surface area contributed by atoms with Crippen molar-refractivity contribution in [3.05, 3.63) is 0 Å². The summed E-state index contributed by atoms with van der Waals surface area (Å²) in [6.45, 7) is 7.78. The first-order chi connectivity index (χ1) is 4.61. The molecule has 0 N–H and O–H groups in total. The molecule has 0 bridgehead atoms. The molecule has 1 aliphatic rings. The van der Waals surface area contributed by atoms with Gasteiger partial charge in [0.05, 0.1) is 0 Å². The van der Waals surface area contributed by atoms with Crippen LogP contribution in [0, 0.1) is 5.92 Å². The minimum Gasteiger partial charge on any atom is -0.298 e. The molecule has 0 radical (unpaired) electrons. The predicted octanol–water partition coefficient (Wildman–Crippen LogP) is 1.68. The molecular formula is C8H16FN. The fourth-order valence-electron chi connectivity index (χ4n) is 1.38. The first-order valence-electron chi connectivity index (χ1n) is 3.99. The number of alkyl halides is 1. The summed E-state index contributed by atoms with van der Waals surface area (Å²) in [4.78, 5) is 2.19. The van der Waals surface area contributed by atoms with E-state index in [1.165, 1.54) is 0 Å². The molecule has 2 atom stereocenters. The van der Waals surface area contributed by atoms with Crippen molar-refractivity contribution in [2.45, 2.75) is 33.0 Å². The third-order valence-corrected chi connectivity index (χ3v) is 2.28. The molecule has 0 aliphatic carbocycles. The van der Waals surface area contributed by atoms with Gasteiger partial charge in [-0.2, -0.15) is 0 Å². The van der Waals surface area contributed by atoms with Crippen molar-refractivity contribution in [1.29, 1.82) is 0 Å². The van der Waals surface area contributed by atoms with Crippen LogP contribution in [0.4, 0.5) is 4.39 Å². The number of likely N-dealkylation sites (tertiary alicyclic amines) is 1. The molecule has 1 fully saturated rings. The molecule has 0 spiro atoms.